The van der Waals surface area contributed by atoms with Crippen LogP contribution in [0.5, 0.6) is 0 Å². The quantitative estimate of drug-likeness (QED) is 0.548. The predicted molar refractivity (Wildman–Crippen MR) is 51.3 cm³/mol. The number of carbonyl (C=O) groups excluding carboxylic acids is 1. The Hall–Kier alpha value is -1.43. The molecule has 0 radical (unpaired) electrons. The van der Waals surface area contributed by atoms with Crippen molar-refractivity contribution in [1.82, 2.24) is 14.9 Å². The summed E-state index contributed by atoms with van der Waals surface area (Å²) in [7, 11) is 0. The third kappa shape index (κ3) is 2.25. The van der Waals surface area contributed by atoms with Gasteiger partial charge in [0.15, 0.2) is 0 Å². The number of aromatic amines is 1. The Labute approximate surface area is 80.4 Å². The van der Waals surface area contributed by atoms with Crippen LogP contribution in [0.25, 0.3) is 0 Å². The van der Waals surface area contributed by atoms with E-state index >= 15 is 0 Å². The lowest BCUT2D eigenvalue weighted by atomic mass is 10.5. The first-order chi connectivity index (χ1) is 6.15. The zero-order chi connectivity index (χ0) is 9.84. The van der Waals surface area contributed by atoms with Gasteiger partial charge >= 0.3 is 0 Å². The number of rotatable bonds is 2. The van der Waals surface area contributed by atoms with Crippen molar-refractivity contribution in [1.29, 1.82) is 0 Å². The number of nitrogens with one attached hydrogen (secondary N) is 2. The SMILES string of the molecule is C/C=C/C(=O)Nn1c(C)n[nH]c1=S. The van der Waals surface area contributed by atoms with Gasteiger partial charge in [-0.2, -0.15) is 5.10 Å². The monoisotopic (exact) mass is 198 g/mol. The van der Waals surface area contributed by atoms with Gasteiger partial charge in [-0.05, 0) is 26.1 Å². The Morgan fingerprint density at radius 3 is 2.92 bits per heavy atom. The summed E-state index contributed by atoms with van der Waals surface area (Å²) >= 11 is 4.88. The smallest absolute Gasteiger partial charge is 0.262 e. The second-order valence-corrected chi connectivity index (χ2v) is 2.77. The molecule has 6 heteroatoms. The number of allylic oxidation sites excluding steroid dienone is 1. The highest BCUT2D eigenvalue weighted by molar-refractivity contribution is 7.71. The Kier molecular flexibility index (Phi) is 2.97. The topological polar surface area (TPSA) is 62.7 Å². The number of H-pyrrole nitrogens is 1. The van der Waals surface area contributed by atoms with Crippen LogP contribution in [0.4, 0.5) is 0 Å². The summed E-state index contributed by atoms with van der Waals surface area (Å²) in [5, 5.41) is 6.40. The van der Waals surface area contributed by atoms with Gasteiger partial charge in [0, 0.05) is 6.08 Å². The zero-order valence-electron chi connectivity index (χ0n) is 7.37. The van der Waals surface area contributed by atoms with Crippen LogP contribution in [0.15, 0.2) is 12.2 Å². The van der Waals surface area contributed by atoms with E-state index in [0.717, 1.165) is 0 Å². The van der Waals surface area contributed by atoms with Crippen molar-refractivity contribution in [3.8, 4) is 0 Å². The average Bonchev–Trinajstić information content (AvgIpc) is 2.36. The molecule has 0 aliphatic carbocycles. The highest BCUT2D eigenvalue weighted by atomic mass is 32.1. The Morgan fingerprint density at radius 1 is 1.77 bits per heavy atom. The Morgan fingerprint density at radius 2 is 2.46 bits per heavy atom. The van der Waals surface area contributed by atoms with Crippen molar-refractivity contribution in [2.24, 2.45) is 0 Å². The lowest BCUT2D eigenvalue weighted by molar-refractivity contribution is -0.112. The minimum Gasteiger partial charge on any atom is -0.268 e. The molecule has 13 heavy (non-hydrogen) atoms. The van der Waals surface area contributed by atoms with E-state index in [2.05, 4.69) is 15.6 Å². The van der Waals surface area contributed by atoms with Gasteiger partial charge in [-0.25, -0.2) is 4.68 Å². The summed E-state index contributed by atoms with van der Waals surface area (Å²) < 4.78 is 1.79. The molecular formula is C7H10N4OS. The van der Waals surface area contributed by atoms with Gasteiger partial charge in [0.1, 0.15) is 5.82 Å². The van der Waals surface area contributed by atoms with Crippen molar-refractivity contribution >= 4 is 18.1 Å². The fourth-order valence-electron chi connectivity index (χ4n) is 0.806. The molecular weight excluding hydrogens is 188 g/mol. The summed E-state index contributed by atoms with van der Waals surface area (Å²) in [6, 6.07) is 0. The lowest BCUT2D eigenvalue weighted by Gasteiger charge is -2.02. The van der Waals surface area contributed by atoms with Crippen LogP contribution in [-0.4, -0.2) is 20.8 Å². The minimum absolute atomic E-state index is 0.233. The van der Waals surface area contributed by atoms with E-state index in [1.807, 2.05) is 0 Å². The normalized spacial score (nSPS) is 10.6. The Balaban J connectivity index is 2.85. The number of hydrogen-bond donors (Lipinski definition) is 2. The van der Waals surface area contributed by atoms with Gasteiger partial charge < -0.3 is 0 Å². The van der Waals surface area contributed by atoms with Gasteiger partial charge in [-0.3, -0.25) is 15.3 Å². The van der Waals surface area contributed by atoms with E-state index in [9.17, 15) is 4.79 Å². The molecule has 0 aromatic carbocycles. The maximum atomic E-state index is 11.1. The largest absolute Gasteiger partial charge is 0.268 e. The molecule has 1 rings (SSSR count). The van der Waals surface area contributed by atoms with Crippen molar-refractivity contribution < 1.29 is 4.79 Å². The molecule has 1 aromatic rings. The van der Waals surface area contributed by atoms with E-state index in [4.69, 9.17) is 12.2 Å². The molecule has 2 N–H and O–H groups in total. The summed E-state index contributed by atoms with van der Waals surface area (Å²) in [5.41, 5.74) is 2.55. The third-order valence-electron chi connectivity index (χ3n) is 1.38. The van der Waals surface area contributed by atoms with Crippen molar-refractivity contribution in [2.75, 3.05) is 5.43 Å². The van der Waals surface area contributed by atoms with E-state index in [0.29, 0.717) is 10.6 Å². The molecule has 0 spiro atoms. The highest BCUT2D eigenvalue weighted by Gasteiger charge is 2.01. The maximum absolute atomic E-state index is 11.1. The molecule has 1 heterocycles. The first-order valence-electron chi connectivity index (χ1n) is 3.73. The van der Waals surface area contributed by atoms with Crippen LogP contribution in [-0.2, 0) is 4.79 Å². The van der Waals surface area contributed by atoms with Gasteiger partial charge in [-0.1, -0.05) is 6.08 Å². The van der Waals surface area contributed by atoms with Crippen molar-refractivity contribution in [3.05, 3.63) is 22.7 Å². The molecule has 0 fully saturated rings. The van der Waals surface area contributed by atoms with Gasteiger partial charge in [0.25, 0.3) is 5.91 Å². The average molecular weight is 198 g/mol. The lowest BCUT2D eigenvalue weighted by Crippen LogP contribution is -2.21. The number of nitrogens with zero attached hydrogens (tertiary/aromatic N) is 2. The number of amides is 1. The summed E-state index contributed by atoms with van der Waals surface area (Å²) in [6.07, 6.45) is 3.06. The first kappa shape index (κ1) is 9.66. The van der Waals surface area contributed by atoms with E-state index in [1.54, 1.807) is 19.9 Å². The third-order valence-corrected chi connectivity index (χ3v) is 1.65. The molecule has 0 saturated heterocycles. The second-order valence-electron chi connectivity index (χ2n) is 2.39. The number of aryl methyl sites for hydroxylation is 1. The van der Waals surface area contributed by atoms with Crippen LogP contribution in [0.3, 0.4) is 0 Å². The molecule has 0 saturated carbocycles. The van der Waals surface area contributed by atoms with Gasteiger partial charge in [-0.15, -0.1) is 0 Å². The number of carbonyl (C=O) groups is 1. The predicted octanol–water partition coefficient (Wildman–Crippen LogP) is 0.895. The van der Waals surface area contributed by atoms with E-state index < -0.39 is 0 Å². The van der Waals surface area contributed by atoms with Gasteiger partial charge in [0.2, 0.25) is 4.77 Å². The highest BCUT2D eigenvalue weighted by Crippen LogP contribution is 1.91. The standard InChI is InChI=1S/C7H10N4OS/c1-3-4-6(12)10-11-5(2)8-9-7(11)13/h3-4H,1-2H3,(H,9,13)(H,10,12)/b4-3+. The molecule has 1 amide bonds. The molecule has 0 unspecified atom stereocenters. The fourth-order valence-corrected chi connectivity index (χ4v) is 1.03. The maximum Gasteiger partial charge on any atom is 0.262 e. The number of hydrogen-bond acceptors (Lipinski definition) is 3. The van der Waals surface area contributed by atoms with Crippen LogP contribution >= 0.6 is 12.2 Å². The van der Waals surface area contributed by atoms with Crippen molar-refractivity contribution in [3.63, 3.8) is 0 Å². The van der Waals surface area contributed by atoms with Gasteiger partial charge in [0.05, 0.1) is 0 Å². The molecule has 0 bridgehead atoms. The number of aromatic nitrogens is 3. The molecule has 0 aliphatic heterocycles. The van der Waals surface area contributed by atoms with Crippen LogP contribution in [0.2, 0.25) is 0 Å². The summed E-state index contributed by atoms with van der Waals surface area (Å²) in [5.74, 6) is 0.381. The zero-order valence-corrected chi connectivity index (χ0v) is 8.18. The molecule has 1 aromatic heterocycles. The molecule has 70 valence electrons. The second kappa shape index (κ2) is 3.99. The molecule has 0 aliphatic rings. The fraction of sp³-hybridized carbons (Fsp3) is 0.286. The molecule has 5 nitrogen and oxygen atoms in total. The first-order valence-corrected chi connectivity index (χ1v) is 4.13. The van der Waals surface area contributed by atoms with E-state index in [1.165, 1.54) is 10.8 Å². The Bertz CT molecular complexity index is 389. The van der Waals surface area contributed by atoms with Crippen molar-refractivity contribution in [2.45, 2.75) is 13.8 Å². The van der Waals surface area contributed by atoms with Crippen LogP contribution in [0, 0.1) is 11.7 Å². The van der Waals surface area contributed by atoms with Crippen LogP contribution in [0.1, 0.15) is 12.7 Å². The summed E-state index contributed by atoms with van der Waals surface area (Å²) in [4.78, 5) is 11.1. The van der Waals surface area contributed by atoms with E-state index in [-0.39, 0.29) is 5.91 Å². The minimum atomic E-state index is -0.233. The summed E-state index contributed by atoms with van der Waals surface area (Å²) in [6.45, 7) is 3.50. The van der Waals surface area contributed by atoms with Crippen LogP contribution < -0.4 is 5.43 Å². The molecule has 0 atom stereocenters.